The predicted molar refractivity (Wildman–Crippen MR) is 127 cm³/mol. The van der Waals surface area contributed by atoms with Gasteiger partial charge in [-0.1, -0.05) is 26.0 Å². The Morgan fingerprint density at radius 3 is 2.50 bits per heavy atom. The number of rotatable bonds is 7. The van der Waals surface area contributed by atoms with Gasteiger partial charge in [-0.2, -0.15) is 0 Å². The van der Waals surface area contributed by atoms with E-state index in [2.05, 4.69) is 36.2 Å². The molecule has 1 aliphatic rings. The molecule has 7 heteroatoms. The molecule has 1 saturated heterocycles. The summed E-state index contributed by atoms with van der Waals surface area (Å²) in [5.41, 5.74) is 3.18. The fraction of sp³-hybridized carbons (Fsp3) is 0.478. The summed E-state index contributed by atoms with van der Waals surface area (Å²) in [6, 6.07) is 12.4. The van der Waals surface area contributed by atoms with Gasteiger partial charge < -0.3 is 19.9 Å². The number of aromatic hydroxyl groups is 1. The van der Waals surface area contributed by atoms with Gasteiger partial charge in [-0.15, -0.1) is 24.8 Å². The highest BCUT2D eigenvalue weighted by atomic mass is 35.5. The molecule has 5 nitrogen and oxygen atoms in total. The molecule has 30 heavy (non-hydrogen) atoms. The van der Waals surface area contributed by atoms with Crippen molar-refractivity contribution in [2.45, 2.75) is 32.7 Å². The normalized spacial score (nSPS) is 16.5. The van der Waals surface area contributed by atoms with Crippen LogP contribution in [0.3, 0.4) is 0 Å². The topological polar surface area (TPSA) is 54.0 Å². The van der Waals surface area contributed by atoms with Crippen LogP contribution in [0, 0.1) is 6.92 Å². The molecule has 0 aliphatic carbocycles. The van der Waals surface area contributed by atoms with E-state index in [9.17, 15) is 5.11 Å². The molecule has 0 saturated carbocycles. The summed E-state index contributed by atoms with van der Waals surface area (Å²) in [6.07, 6.45) is 0. The smallest absolute Gasteiger partial charge is 0.123 e. The van der Waals surface area contributed by atoms with Crippen molar-refractivity contribution in [3.63, 3.8) is 0 Å². The first-order valence-corrected chi connectivity index (χ1v) is 10.0. The van der Waals surface area contributed by atoms with Crippen LogP contribution >= 0.6 is 24.8 Å². The third kappa shape index (κ3) is 6.42. The van der Waals surface area contributed by atoms with Crippen LogP contribution in [0.2, 0.25) is 0 Å². The lowest BCUT2D eigenvalue weighted by atomic mass is 10.00. The lowest BCUT2D eigenvalue weighted by Crippen LogP contribution is -2.47. The number of phenols is 1. The quantitative estimate of drug-likeness (QED) is 0.631. The van der Waals surface area contributed by atoms with Gasteiger partial charge in [0.2, 0.25) is 0 Å². The van der Waals surface area contributed by atoms with Crippen molar-refractivity contribution < 1.29 is 14.6 Å². The third-order valence-electron chi connectivity index (χ3n) is 5.44. The fourth-order valence-electron chi connectivity index (χ4n) is 3.70. The molecule has 1 heterocycles. The molecule has 0 amide bonds. The van der Waals surface area contributed by atoms with Crippen molar-refractivity contribution in [1.82, 2.24) is 10.2 Å². The van der Waals surface area contributed by atoms with Crippen molar-refractivity contribution in [2.24, 2.45) is 0 Å². The van der Waals surface area contributed by atoms with E-state index in [1.54, 1.807) is 7.11 Å². The minimum atomic E-state index is 0. The molecule has 0 radical (unpaired) electrons. The fourth-order valence-corrected chi connectivity index (χ4v) is 3.70. The van der Waals surface area contributed by atoms with E-state index >= 15 is 0 Å². The molecule has 1 fully saturated rings. The summed E-state index contributed by atoms with van der Waals surface area (Å²) in [5.74, 6) is 2.39. The Kier molecular flexibility index (Phi) is 10.8. The van der Waals surface area contributed by atoms with Crippen LogP contribution in [0.15, 0.2) is 36.4 Å². The number of piperazine rings is 1. The van der Waals surface area contributed by atoms with Crippen LogP contribution < -0.4 is 14.8 Å². The maximum absolute atomic E-state index is 10.0. The Hall–Kier alpha value is -1.66. The molecule has 2 aromatic rings. The Morgan fingerprint density at radius 2 is 1.87 bits per heavy atom. The number of phenolic OH excluding ortho intramolecular Hbond substituents is 1. The summed E-state index contributed by atoms with van der Waals surface area (Å²) in [4.78, 5) is 2.47. The van der Waals surface area contributed by atoms with Crippen molar-refractivity contribution >= 4 is 24.8 Å². The second kappa shape index (κ2) is 12.3. The molecule has 1 atom stereocenters. The second-order valence-corrected chi connectivity index (χ2v) is 7.71. The van der Waals surface area contributed by atoms with Crippen molar-refractivity contribution in [2.75, 3.05) is 39.9 Å². The largest absolute Gasteiger partial charge is 0.508 e. The minimum absolute atomic E-state index is 0. The van der Waals surface area contributed by atoms with Crippen LogP contribution in [0.4, 0.5) is 0 Å². The number of hydrogen-bond acceptors (Lipinski definition) is 5. The highest BCUT2D eigenvalue weighted by Gasteiger charge is 2.23. The number of aryl methyl sites for hydroxylation is 1. The summed E-state index contributed by atoms with van der Waals surface area (Å²) in [6.45, 7) is 10.5. The highest BCUT2D eigenvalue weighted by molar-refractivity contribution is 5.85. The van der Waals surface area contributed by atoms with Gasteiger partial charge in [0.15, 0.2) is 0 Å². The molecule has 168 valence electrons. The van der Waals surface area contributed by atoms with E-state index < -0.39 is 0 Å². The maximum atomic E-state index is 10.0. The van der Waals surface area contributed by atoms with E-state index in [1.165, 1.54) is 5.56 Å². The standard InChI is InChI=1S/C23H32N2O3.2ClH/c1-16(2)20-14-22(26)17(3)13-23(20)28-12-11-25-10-9-24-15-21(25)18-5-7-19(27-4)8-6-18;;/h5-8,13-14,16,21,24,26H,9-12,15H2,1-4H3;2*1H. The number of methoxy groups -OCH3 is 1. The lowest BCUT2D eigenvalue weighted by Gasteiger charge is -2.36. The number of benzene rings is 2. The minimum Gasteiger partial charge on any atom is -0.508 e. The van der Waals surface area contributed by atoms with E-state index in [-0.39, 0.29) is 24.8 Å². The molecular weight excluding hydrogens is 423 g/mol. The SMILES string of the molecule is COc1ccc(C2CNCCN2CCOc2cc(C)c(O)cc2C(C)C)cc1.Cl.Cl. The van der Waals surface area contributed by atoms with Crippen LogP contribution in [0.1, 0.15) is 42.5 Å². The second-order valence-electron chi connectivity index (χ2n) is 7.71. The van der Waals surface area contributed by atoms with E-state index in [0.29, 0.717) is 24.3 Å². The van der Waals surface area contributed by atoms with Gasteiger partial charge in [-0.25, -0.2) is 0 Å². The number of nitrogens with zero attached hydrogens (tertiary/aromatic N) is 1. The van der Waals surface area contributed by atoms with E-state index in [4.69, 9.17) is 9.47 Å². The van der Waals surface area contributed by atoms with Gasteiger partial charge >= 0.3 is 0 Å². The molecule has 1 aliphatic heterocycles. The Labute approximate surface area is 192 Å². The molecule has 3 rings (SSSR count). The average Bonchev–Trinajstić information content (AvgIpc) is 2.70. The van der Waals surface area contributed by atoms with Crippen LogP contribution in [0.25, 0.3) is 0 Å². The summed E-state index contributed by atoms with van der Waals surface area (Å²) in [7, 11) is 1.69. The van der Waals surface area contributed by atoms with Gasteiger partial charge in [0.25, 0.3) is 0 Å². The Bertz CT molecular complexity index is 785. The Morgan fingerprint density at radius 1 is 1.17 bits per heavy atom. The zero-order chi connectivity index (χ0) is 20.1. The summed E-state index contributed by atoms with van der Waals surface area (Å²) in [5, 5.41) is 13.5. The number of ether oxygens (including phenoxy) is 2. The first-order valence-electron chi connectivity index (χ1n) is 10.0. The van der Waals surface area contributed by atoms with Crippen LogP contribution in [0.5, 0.6) is 17.2 Å². The molecule has 2 N–H and O–H groups in total. The van der Waals surface area contributed by atoms with Gasteiger partial charge in [-0.3, -0.25) is 4.90 Å². The zero-order valence-corrected chi connectivity index (χ0v) is 19.8. The maximum Gasteiger partial charge on any atom is 0.123 e. The van der Waals surface area contributed by atoms with E-state index in [1.807, 2.05) is 31.2 Å². The third-order valence-corrected chi connectivity index (χ3v) is 5.44. The number of hydrogen-bond donors (Lipinski definition) is 2. The molecule has 2 aromatic carbocycles. The van der Waals surface area contributed by atoms with Gasteiger partial charge in [-0.05, 0) is 48.2 Å². The predicted octanol–water partition coefficient (Wildman–Crippen LogP) is 4.70. The van der Waals surface area contributed by atoms with Crippen molar-refractivity contribution in [1.29, 1.82) is 0 Å². The molecule has 0 spiro atoms. The van der Waals surface area contributed by atoms with Gasteiger partial charge in [0, 0.05) is 37.8 Å². The van der Waals surface area contributed by atoms with Crippen molar-refractivity contribution in [3.8, 4) is 17.2 Å². The number of nitrogens with one attached hydrogen (secondary N) is 1. The highest BCUT2D eigenvalue weighted by Crippen LogP contribution is 2.33. The molecule has 1 unspecified atom stereocenters. The van der Waals surface area contributed by atoms with Crippen LogP contribution in [-0.2, 0) is 0 Å². The molecular formula is C23H34Cl2N2O3. The molecule has 0 aromatic heterocycles. The van der Waals surface area contributed by atoms with Crippen LogP contribution in [-0.4, -0.2) is 49.9 Å². The Balaban J connectivity index is 0.00000225. The van der Waals surface area contributed by atoms with E-state index in [0.717, 1.165) is 48.8 Å². The zero-order valence-electron chi connectivity index (χ0n) is 18.2. The van der Waals surface area contributed by atoms with Gasteiger partial charge in [0.05, 0.1) is 7.11 Å². The summed E-state index contributed by atoms with van der Waals surface area (Å²) >= 11 is 0. The van der Waals surface area contributed by atoms with Crippen molar-refractivity contribution in [3.05, 3.63) is 53.1 Å². The molecule has 0 bridgehead atoms. The lowest BCUT2D eigenvalue weighted by molar-refractivity contribution is 0.133. The summed E-state index contributed by atoms with van der Waals surface area (Å²) < 4.78 is 11.4. The number of halogens is 2. The monoisotopic (exact) mass is 456 g/mol. The van der Waals surface area contributed by atoms with Gasteiger partial charge in [0.1, 0.15) is 23.9 Å². The first kappa shape index (κ1) is 26.4. The first-order chi connectivity index (χ1) is 13.5. The average molecular weight is 457 g/mol.